The molecule has 0 bridgehead atoms. The van der Waals surface area contributed by atoms with Crippen molar-refractivity contribution < 1.29 is 4.79 Å². The molecule has 1 amide bonds. The van der Waals surface area contributed by atoms with Crippen molar-refractivity contribution in [3.05, 3.63) is 0 Å². The Bertz CT molecular complexity index is 247. The van der Waals surface area contributed by atoms with Crippen LogP contribution >= 0.6 is 0 Å². The van der Waals surface area contributed by atoms with E-state index in [2.05, 4.69) is 17.1 Å². The Hall–Kier alpha value is -0.610. The first-order valence-corrected chi connectivity index (χ1v) is 6.64. The Morgan fingerprint density at radius 1 is 1.41 bits per heavy atom. The molecule has 1 fully saturated rings. The molecule has 3 N–H and O–H groups in total. The number of nitrogens with zero attached hydrogens (tertiary/aromatic N) is 1. The van der Waals surface area contributed by atoms with E-state index < -0.39 is 0 Å². The predicted molar refractivity (Wildman–Crippen MR) is 70.8 cm³/mol. The summed E-state index contributed by atoms with van der Waals surface area (Å²) in [5.41, 5.74) is 5.96. The topological polar surface area (TPSA) is 58.4 Å². The molecule has 1 unspecified atom stereocenters. The van der Waals surface area contributed by atoms with Crippen molar-refractivity contribution in [2.75, 3.05) is 20.6 Å². The average Bonchev–Trinajstić information content (AvgIpc) is 2.61. The van der Waals surface area contributed by atoms with E-state index in [0.717, 1.165) is 25.8 Å². The van der Waals surface area contributed by atoms with E-state index in [1.54, 1.807) is 0 Å². The monoisotopic (exact) mass is 241 g/mol. The molecule has 0 heterocycles. The lowest BCUT2D eigenvalue weighted by Gasteiger charge is -2.24. The Morgan fingerprint density at radius 2 is 2.00 bits per heavy atom. The van der Waals surface area contributed by atoms with Gasteiger partial charge in [0.1, 0.15) is 0 Å². The quantitative estimate of drug-likeness (QED) is 0.732. The van der Waals surface area contributed by atoms with Crippen molar-refractivity contribution in [3.8, 4) is 0 Å². The van der Waals surface area contributed by atoms with Crippen molar-refractivity contribution in [2.45, 2.75) is 57.0 Å². The molecule has 1 aliphatic rings. The van der Waals surface area contributed by atoms with Gasteiger partial charge in [-0.15, -0.1) is 0 Å². The van der Waals surface area contributed by atoms with Crippen LogP contribution in [0.4, 0.5) is 0 Å². The minimum Gasteiger partial charge on any atom is -0.354 e. The SMILES string of the molecule is CC(CCN(C)C)NC(=O)CC1(N)CCCC1. The highest BCUT2D eigenvalue weighted by molar-refractivity contribution is 5.77. The third kappa shape index (κ3) is 5.50. The van der Waals surface area contributed by atoms with Crippen molar-refractivity contribution in [3.63, 3.8) is 0 Å². The number of rotatable bonds is 6. The zero-order valence-corrected chi connectivity index (χ0v) is 11.5. The summed E-state index contributed by atoms with van der Waals surface area (Å²) in [6.07, 6.45) is 5.79. The number of hydrogen-bond donors (Lipinski definition) is 2. The van der Waals surface area contributed by atoms with E-state index in [4.69, 9.17) is 5.73 Å². The molecule has 1 aliphatic carbocycles. The lowest BCUT2D eigenvalue weighted by Crippen LogP contribution is -2.44. The first kappa shape index (κ1) is 14.5. The van der Waals surface area contributed by atoms with Gasteiger partial charge < -0.3 is 16.0 Å². The molecule has 0 radical (unpaired) electrons. The van der Waals surface area contributed by atoms with Crippen LogP contribution in [0.15, 0.2) is 0 Å². The fourth-order valence-corrected chi connectivity index (χ4v) is 2.43. The zero-order chi connectivity index (χ0) is 12.9. The summed E-state index contributed by atoms with van der Waals surface area (Å²) in [5.74, 6) is 0.112. The second kappa shape index (κ2) is 6.36. The van der Waals surface area contributed by atoms with Crippen molar-refractivity contribution in [1.82, 2.24) is 10.2 Å². The average molecular weight is 241 g/mol. The van der Waals surface area contributed by atoms with Gasteiger partial charge in [0.25, 0.3) is 0 Å². The Labute approximate surface area is 105 Å². The Kier molecular flexibility index (Phi) is 5.40. The van der Waals surface area contributed by atoms with Crippen molar-refractivity contribution in [2.24, 2.45) is 5.73 Å². The first-order chi connectivity index (χ1) is 7.91. The second-order valence-electron chi connectivity index (χ2n) is 5.81. The molecule has 0 aliphatic heterocycles. The molecule has 0 saturated heterocycles. The van der Waals surface area contributed by atoms with Crippen LogP contribution in [-0.4, -0.2) is 43.0 Å². The molecular weight excluding hydrogens is 214 g/mol. The van der Waals surface area contributed by atoms with Gasteiger partial charge in [-0.1, -0.05) is 12.8 Å². The summed E-state index contributed by atoms with van der Waals surface area (Å²) in [7, 11) is 4.09. The number of carbonyl (C=O) groups excluding carboxylic acids is 1. The smallest absolute Gasteiger partial charge is 0.222 e. The molecule has 1 saturated carbocycles. The number of nitrogens with one attached hydrogen (secondary N) is 1. The van der Waals surface area contributed by atoms with Gasteiger partial charge in [0.15, 0.2) is 0 Å². The van der Waals surface area contributed by atoms with E-state index in [1.807, 2.05) is 14.1 Å². The van der Waals surface area contributed by atoms with Crippen LogP contribution in [0.3, 0.4) is 0 Å². The molecule has 0 aromatic rings. The zero-order valence-electron chi connectivity index (χ0n) is 11.5. The third-order valence-electron chi connectivity index (χ3n) is 3.53. The lowest BCUT2D eigenvalue weighted by molar-refractivity contribution is -0.122. The van der Waals surface area contributed by atoms with E-state index in [-0.39, 0.29) is 17.5 Å². The van der Waals surface area contributed by atoms with Crippen LogP contribution in [0.1, 0.15) is 45.4 Å². The first-order valence-electron chi connectivity index (χ1n) is 6.64. The molecule has 1 rings (SSSR count). The van der Waals surface area contributed by atoms with Crippen molar-refractivity contribution in [1.29, 1.82) is 0 Å². The normalized spacial score (nSPS) is 20.5. The summed E-state index contributed by atoms with van der Waals surface area (Å²) in [5, 5.41) is 3.04. The van der Waals surface area contributed by atoms with E-state index in [0.29, 0.717) is 6.42 Å². The van der Waals surface area contributed by atoms with Gasteiger partial charge in [-0.3, -0.25) is 4.79 Å². The summed E-state index contributed by atoms with van der Waals surface area (Å²) in [6.45, 7) is 3.05. The molecule has 0 aromatic carbocycles. The minimum absolute atomic E-state index is 0.112. The van der Waals surface area contributed by atoms with Crippen LogP contribution in [0.5, 0.6) is 0 Å². The van der Waals surface area contributed by atoms with Crippen LogP contribution in [-0.2, 0) is 4.79 Å². The fraction of sp³-hybridized carbons (Fsp3) is 0.923. The summed E-state index contributed by atoms with van der Waals surface area (Å²) in [4.78, 5) is 14.0. The molecule has 4 nitrogen and oxygen atoms in total. The molecule has 100 valence electrons. The number of carbonyl (C=O) groups is 1. The van der Waals surface area contributed by atoms with E-state index in [9.17, 15) is 4.79 Å². The number of amides is 1. The summed E-state index contributed by atoms with van der Waals surface area (Å²) >= 11 is 0. The summed E-state index contributed by atoms with van der Waals surface area (Å²) < 4.78 is 0. The number of hydrogen-bond acceptors (Lipinski definition) is 3. The van der Waals surface area contributed by atoms with Crippen molar-refractivity contribution >= 4 is 5.91 Å². The maximum Gasteiger partial charge on any atom is 0.222 e. The van der Waals surface area contributed by atoms with Gasteiger partial charge in [0.2, 0.25) is 5.91 Å². The highest BCUT2D eigenvalue weighted by Crippen LogP contribution is 2.29. The molecule has 0 aromatic heterocycles. The third-order valence-corrected chi connectivity index (χ3v) is 3.53. The molecule has 1 atom stereocenters. The standard InChI is InChI=1S/C13H27N3O/c1-11(6-9-16(2)3)15-12(17)10-13(14)7-4-5-8-13/h11H,4-10,14H2,1-3H3,(H,15,17). The lowest BCUT2D eigenvalue weighted by atomic mass is 9.94. The highest BCUT2D eigenvalue weighted by atomic mass is 16.1. The van der Waals surface area contributed by atoms with E-state index in [1.165, 1.54) is 12.8 Å². The predicted octanol–water partition coefficient (Wildman–Crippen LogP) is 1.10. The maximum absolute atomic E-state index is 11.9. The van der Waals surface area contributed by atoms with Gasteiger partial charge >= 0.3 is 0 Å². The minimum atomic E-state index is -0.231. The van der Waals surface area contributed by atoms with Gasteiger partial charge in [-0.2, -0.15) is 0 Å². The highest BCUT2D eigenvalue weighted by Gasteiger charge is 2.31. The molecule has 4 heteroatoms. The largest absolute Gasteiger partial charge is 0.354 e. The van der Waals surface area contributed by atoms with Gasteiger partial charge in [-0.25, -0.2) is 0 Å². The van der Waals surface area contributed by atoms with Gasteiger partial charge in [0.05, 0.1) is 0 Å². The molecular formula is C13H27N3O. The fourth-order valence-electron chi connectivity index (χ4n) is 2.43. The van der Waals surface area contributed by atoms with Gasteiger partial charge in [-0.05, 0) is 46.8 Å². The van der Waals surface area contributed by atoms with Gasteiger partial charge in [0, 0.05) is 18.0 Å². The van der Waals surface area contributed by atoms with E-state index >= 15 is 0 Å². The summed E-state index contributed by atoms with van der Waals surface area (Å²) in [6, 6.07) is 0.231. The molecule has 17 heavy (non-hydrogen) atoms. The number of nitrogens with two attached hydrogens (primary N) is 1. The van der Waals surface area contributed by atoms with Crippen LogP contribution in [0.2, 0.25) is 0 Å². The Balaban J connectivity index is 2.24. The maximum atomic E-state index is 11.9. The second-order valence-corrected chi connectivity index (χ2v) is 5.81. The van der Waals surface area contributed by atoms with Crippen LogP contribution in [0.25, 0.3) is 0 Å². The van der Waals surface area contributed by atoms with Crippen LogP contribution in [0, 0.1) is 0 Å². The molecule has 0 spiro atoms. The Morgan fingerprint density at radius 3 is 2.53 bits per heavy atom. The van der Waals surface area contributed by atoms with Crippen LogP contribution < -0.4 is 11.1 Å².